The lowest BCUT2D eigenvalue weighted by atomic mass is 9.82. The van der Waals surface area contributed by atoms with Gasteiger partial charge < -0.3 is 30.9 Å². The number of rotatable bonds is 18. The zero-order valence-corrected chi connectivity index (χ0v) is 35.4. The van der Waals surface area contributed by atoms with Crippen LogP contribution in [0.5, 0.6) is 0 Å². The highest BCUT2D eigenvalue weighted by Crippen LogP contribution is 2.40. The SMILES string of the molecule is COC(=O)N[C@H](C(=O)N[C@@H](Cc1ccc(-c2cnn(C(F)F)c2)cc1)[C@@H](O)CN(Cc1c(F)cc(-c2ccn(C(F)F)n2)cc1F)NC(=O)[C@@H](NC(=O)O)C(C)(C)C)C(C)(C)C(F)(F)F. The van der Waals surface area contributed by atoms with Crippen LogP contribution in [0.2, 0.25) is 0 Å². The fourth-order valence-electron chi connectivity index (χ4n) is 6.36. The summed E-state index contributed by atoms with van der Waals surface area (Å²) in [7, 11) is 0.832. The molecule has 4 aromatic rings. The predicted molar refractivity (Wildman–Crippen MR) is 212 cm³/mol. The highest BCUT2D eigenvalue weighted by atomic mass is 19.4. The fourth-order valence-corrected chi connectivity index (χ4v) is 6.36. The minimum atomic E-state index is -5.13. The van der Waals surface area contributed by atoms with Crippen molar-refractivity contribution in [3.8, 4) is 22.4 Å². The number of aliphatic hydroxyl groups is 1. The van der Waals surface area contributed by atoms with Gasteiger partial charge in [0.15, 0.2) is 0 Å². The number of carbonyl (C=O) groups is 4. The van der Waals surface area contributed by atoms with Gasteiger partial charge in [-0.2, -0.15) is 40.9 Å². The number of carboxylic acid groups (broad SMARTS) is 1. The number of aromatic nitrogens is 4. The molecule has 0 aliphatic heterocycles. The molecule has 4 amide bonds. The first-order chi connectivity index (χ1) is 30.1. The Kier molecular flexibility index (Phi) is 16.3. The molecule has 0 spiro atoms. The monoisotopic (exact) mass is 935 g/mol. The summed E-state index contributed by atoms with van der Waals surface area (Å²) in [6.07, 6.45) is -7.55. The minimum Gasteiger partial charge on any atom is -0.465 e. The Hall–Kier alpha value is -6.37. The van der Waals surface area contributed by atoms with Gasteiger partial charge in [0, 0.05) is 42.2 Å². The third kappa shape index (κ3) is 13.1. The van der Waals surface area contributed by atoms with Crippen molar-refractivity contribution in [1.82, 2.24) is 45.9 Å². The van der Waals surface area contributed by atoms with Crippen molar-refractivity contribution in [3.63, 3.8) is 0 Å². The molecule has 6 N–H and O–H groups in total. The largest absolute Gasteiger partial charge is 0.465 e. The zero-order valence-electron chi connectivity index (χ0n) is 35.4. The van der Waals surface area contributed by atoms with Crippen LogP contribution in [0.4, 0.5) is 49.1 Å². The van der Waals surface area contributed by atoms with E-state index in [9.17, 15) is 60.1 Å². The second-order valence-electron chi connectivity index (χ2n) is 16.3. The quantitative estimate of drug-likeness (QED) is 0.0479. The van der Waals surface area contributed by atoms with Crippen molar-refractivity contribution in [2.24, 2.45) is 10.8 Å². The lowest BCUT2D eigenvalue weighted by Gasteiger charge is -2.37. The van der Waals surface area contributed by atoms with Crippen LogP contribution in [0.1, 0.15) is 58.8 Å². The number of hydrogen-bond acceptors (Lipinski definition) is 9. The number of aliphatic hydroxyl groups excluding tert-OH is 1. The molecule has 4 atom stereocenters. The van der Waals surface area contributed by atoms with Gasteiger partial charge in [-0.3, -0.25) is 15.0 Å². The van der Waals surface area contributed by atoms with E-state index in [0.29, 0.717) is 24.1 Å². The van der Waals surface area contributed by atoms with Gasteiger partial charge in [-0.1, -0.05) is 45.0 Å². The number of hydrazine groups is 1. The number of ether oxygens (including phenoxy) is 1. The third-order valence-electron chi connectivity index (χ3n) is 10.2. The van der Waals surface area contributed by atoms with Crippen molar-refractivity contribution in [2.45, 2.75) is 91.1 Å². The topological polar surface area (TPSA) is 205 Å². The van der Waals surface area contributed by atoms with Gasteiger partial charge in [0.25, 0.3) is 5.91 Å². The standard InChI is InChI=1S/C40H46F9N9O7/c1-38(2,3)30(52-36(62)63)33(61)55-56(18-24-25(41)14-22(15-26(24)42)27-11-12-57(54-27)34(43)44)19-29(59)28(51-32(60)31(53-37(64)65-6)39(4,5)40(47,48)49)13-20-7-9-21(10-8-20)23-16-50-58(17-23)35(45)46/h7-12,14-17,28-31,34-35,52,59H,13,18-19H2,1-6H3,(H,51,60)(H,53,64)(H,55,61)(H,62,63)/t28-,29-,30+,31+/m0/s1. The highest BCUT2D eigenvalue weighted by Gasteiger charge is 2.56. The first kappa shape index (κ1) is 51.3. The molecule has 0 fully saturated rings. The van der Waals surface area contributed by atoms with Crippen molar-refractivity contribution in [1.29, 1.82) is 0 Å². The summed E-state index contributed by atoms with van der Waals surface area (Å²) in [5.41, 5.74) is -2.21. The van der Waals surface area contributed by atoms with Crippen LogP contribution >= 0.6 is 0 Å². The molecule has 0 unspecified atom stereocenters. The molecular weight excluding hydrogens is 889 g/mol. The first-order valence-corrected chi connectivity index (χ1v) is 19.3. The van der Waals surface area contributed by atoms with Gasteiger partial charge in [0.2, 0.25) is 5.91 Å². The van der Waals surface area contributed by atoms with Crippen LogP contribution in [0.25, 0.3) is 22.4 Å². The van der Waals surface area contributed by atoms with E-state index in [2.05, 4.69) is 25.7 Å². The Morgan fingerprint density at radius 2 is 1.42 bits per heavy atom. The molecule has 0 aliphatic carbocycles. The molecule has 2 aromatic carbocycles. The minimum absolute atomic E-state index is 0.237. The zero-order chi connectivity index (χ0) is 48.8. The molecule has 0 aliphatic rings. The van der Waals surface area contributed by atoms with E-state index in [0.717, 1.165) is 48.9 Å². The number of amides is 4. The summed E-state index contributed by atoms with van der Waals surface area (Å²) < 4.78 is 132. The van der Waals surface area contributed by atoms with Crippen molar-refractivity contribution >= 4 is 24.0 Å². The van der Waals surface area contributed by atoms with Crippen molar-refractivity contribution in [2.75, 3.05) is 13.7 Å². The summed E-state index contributed by atoms with van der Waals surface area (Å²) in [6.45, 7) is -2.22. The summed E-state index contributed by atoms with van der Waals surface area (Å²) in [6, 6.07) is 2.67. The van der Waals surface area contributed by atoms with Gasteiger partial charge in [-0.25, -0.2) is 32.7 Å². The smallest absolute Gasteiger partial charge is 0.407 e. The molecule has 25 heteroatoms. The maximum atomic E-state index is 15.8. The van der Waals surface area contributed by atoms with Crippen LogP contribution in [0.3, 0.4) is 0 Å². The van der Waals surface area contributed by atoms with E-state index in [-0.39, 0.29) is 27.1 Å². The van der Waals surface area contributed by atoms with Crippen molar-refractivity contribution < 1.29 is 73.6 Å². The number of halogens is 9. The number of nitrogens with zero attached hydrogens (tertiary/aromatic N) is 5. The van der Waals surface area contributed by atoms with Crippen LogP contribution in [-0.2, 0) is 27.3 Å². The van der Waals surface area contributed by atoms with E-state index in [1.54, 1.807) is 0 Å². The van der Waals surface area contributed by atoms with E-state index in [1.165, 1.54) is 45.0 Å². The highest BCUT2D eigenvalue weighted by molar-refractivity contribution is 5.87. The van der Waals surface area contributed by atoms with Crippen molar-refractivity contribution in [3.05, 3.63) is 83.8 Å². The molecule has 16 nitrogen and oxygen atoms in total. The molecule has 0 saturated carbocycles. The van der Waals surface area contributed by atoms with Gasteiger partial charge in [-0.15, -0.1) is 0 Å². The summed E-state index contributed by atoms with van der Waals surface area (Å²) >= 11 is 0. The fraction of sp³-hybridized carbons (Fsp3) is 0.450. The van der Waals surface area contributed by atoms with Gasteiger partial charge in [0.1, 0.15) is 23.7 Å². The molecule has 0 saturated heterocycles. The average molecular weight is 936 g/mol. The third-order valence-corrected chi connectivity index (χ3v) is 10.2. The van der Waals surface area contributed by atoms with Crippen LogP contribution in [-0.4, -0.2) is 103 Å². The van der Waals surface area contributed by atoms with Crippen LogP contribution < -0.4 is 21.4 Å². The second-order valence-corrected chi connectivity index (χ2v) is 16.3. The molecule has 2 aromatic heterocycles. The Morgan fingerprint density at radius 3 is 1.91 bits per heavy atom. The van der Waals surface area contributed by atoms with Gasteiger partial charge in [0.05, 0.1) is 36.6 Å². The Labute approximate surface area is 365 Å². The summed E-state index contributed by atoms with van der Waals surface area (Å²) in [5, 5.41) is 35.4. The van der Waals surface area contributed by atoms with E-state index in [4.69, 9.17) is 0 Å². The lowest BCUT2D eigenvalue weighted by Crippen LogP contribution is -2.63. The Morgan fingerprint density at radius 1 is 0.815 bits per heavy atom. The summed E-state index contributed by atoms with van der Waals surface area (Å²) in [4.78, 5) is 51.5. The maximum Gasteiger partial charge on any atom is 0.407 e. The van der Waals surface area contributed by atoms with Gasteiger partial charge in [-0.05, 0) is 55.0 Å². The molecule has 65 heavy (non-hydrogen) atoms. The molecule has 4 rings (SSSR count). The number of methoxy groups -OCH3 is 1. The number of nitrogens with one attached hydrogen (secondary N) is 4. The van der Waals surface area contributed by atoms with E-state index in [1.807, 2.05) is 10.6 Å². The van der Waals surface area contributed by atoms with E-state index >= 15 is 8.78 Å². The average Bonchev–Trinajstić information content (AvgIpc) is 3.91. The summed E-state index contributed by atoms with van der Waals surface area (Å²) in [5.74, 6) is -5.20. The number of hydrogen-bond donors (Lipinski definition) is 6. The van der Waals surface area contributed by atoms with E-state index < -0.39 is 115 Å². The van der Waals surface area contributed by atoms with Crippen LogP contribution in [0.15, 0.2) is 61.1 Å². The molecule has 2 heterocycles. The number of alkyl halides is 7. The molecular formula is C40H46F9N9O7. The Balaban J connectivity index is 1.78. The maximum absolute atomic E-state index is 15.8. The number of alkyl carbamates (subject to hydrolysis) is 1. The molecule has 0 bridgehead atoms. The lowest BCUT2D eigenvalue weighted by molar-refractivity contribution is -0.220. The number of carbonyl (C=O) groups excluding carboxylic acids is 3. The molecule has 0 radical (unpaired) electrons. The predicted octanol–water partition coefficient (Wildman–Crippen LogP) is 6.40. The van der Waals surface area contributed by atoms with Crippen LogP contribution in [0, 0.1) is 22.5 Å². The Bertz CT molecular complexity index is 2280. The second kappa shape index (κ2) is 20.6. The number of benzene rings is 2. The molecule has 356 valence electrons. The normalized spacial score (nSPS) is 14.2. The van der Waals surface area contributed by atoms with Gasteiger partial charge >= 0.3 is 31.5 Å². The first-order valence-electron chi connectivity index (χ1n) is 19.3.